The summed E-state index contributed by atoms with van der Waals surface area (Å²) in [5.74, 6) is -0.967. The molecule has 3 fully saturated rings. The van der Waals surface area contributed by atoms with Crippen LogP contribution in [0.1, 0.15) is 42.9 Å². The molecule has 0 radical (unpaired) electrons. The molecule has 4 aliphatic rings. The highest BCUT2D eigenvalue weighted by Gasteiger charge is 2.73. The van der Waals surface area contributed by atoms with Crippen molar-refractivity contribution in [3.8, 4) is 11.9 Å². The number of nitriles is 1. The van der Waals surface area contributed by atoms with Crippen LogP contribution in [0.3, 0.4) is 0 Å². The number of nitrogens with zero attached hydrogens (tertiary/aromatic N) is 4. The van der Waals surface area contributed by atoms with Gasteiger partial charge in [-0.2, -0.15) is 10.4 Å². The van der Waals surface area contributed by atoms with Gasteiger partial charge in [0.25, 0.3) is 0 Å². The van der Waals surface area contributed by atoms with Gasteiger partial charge in [-0.05, 0) is 43.0 Å². The van der Waals surface area contributed by atoms with E-state index in [-0.39, 0.29) is 11.3 Å². The molecule has 152 valence electrons. The molecule has 2 bridgehead atoms. The van der Waals surface area contributed by atoms with Crippen LogP contribution in [0.4, 0.5) is 8.78 Å². The van der Waals surface area contributed by atoms with E-state index in [9.17, 15) is 13.6 Å². The molecule has 3 saturated carbocycles. The summed E-state index contributed by atoms with van der Waals surface area (Å²) in [4.78, 5) is 17.3. The lowest BCUT2D eigenvalue weighted by Gasteiger charge is -2.69. The maximum Gasteiger partial charge on any atom is 0.249 e. The molecule has 1 aliphatic heterocycles. The number of rotatable bonds is 5. The van der Waals surface area contributed by atoms with Crippen LogP contribution in [0.25, 0.3) is 0 Å². The van der Waals surface area contributed by atoms with E-state index in [1.54, 1.807) is 18.3 Å². The molecule has 6 rings (SSSR count). The van der Waals surface area contributed by atoms with Crippen molar-refractivity contribution in [1.29, 1.82) is 5.26 Å². The van der Waals surface area contributed by atoms with Crippen LogP contribution in [0.5, 0.6) is 5.88 Å². The first-order valence-electron chi connectivity index (χ1n) is 9.73. The number of ether oxygens (including phenoxy) is 1. The lowest BCUT2D eigenvalue weighted by molar-refractivity contribution is -0.227. The van der Waals surface area contributed by atoms with Gasteiger partial charge in [0.15, 0.2) is 0 Å². The Kier molecular flexibility index (Phi) is 4.10. The summed E-state index contributed by atoms with van der Waals surface area (Å²) in [6.07, 6.45) is 5.61. The molecule has 0 saturated heterocycles. The number of aromatic nitrogens is 1. The van der Waals surface area contributed by atoms with Crippen LogP contribution in [-0.4, -0.2) is 28.7 Å². The number of amides is 1. The van der Waals surface area contributed by atoms with E-state index in [0.29, 0.717) is 49.3 Å². The Hall–Kier alpha value is -3.34. The van der Waals surface area contributed by atoms with Crippen molar-refractivity contribution in [3.05, 3.63) is 59.3 Å². The third kappa shape index (κ3) is 2.93. The number of carbonyl (C=O) groups is 1. The molecule has 30 heavy (non-hydrogen) atoms. The Morgan fingerprint density at radius 2 is 1.97 bits per heavy atom. The van der Waals surface area contributed by atoms with Crippen LogP contribution < -0.4 is 4.74 Å². The Labute approximate surface area is 171 Å². The zero-order valence-corrected chi connectivity index (χ0v) is 16.0. The molecule has 1 unspecified atom stereocenters. The second-order valence-corrected chi connectivity index (χ2v) is 8.50. The van der Waals surface area contributed by atoms with Gasteiger partial charge >= 0.3 is 0 Å². The largest absolute Gasteiger partial charge is 0.477 e. The standard InChI is InChI=1S/C22H18F2N4O2/c23-16-5-15(6-17(24)7-16)18-3-4-27-28(18)20(29)22-10-21(11-22,12-22)13-30-19-2-1-14(8-25)9-26-19/h1-2,4-7,9,18H,3,10-13H2. The second-order valence-electron chi connectivity index (χ2n) is 8.50. The SMILES string of the molecule is N#Cc1ccc(OCC23CC(C(=O)N4N=CCC4c4cc(F)cc(F)c4)(C2)C3)nc1. The summed E-state index contributed by atoms with van der Waals surface area (Å²) < 4.78 is 33.0. The van der Waals surface area contributed by atoms with E-state index >= 15 is 0 Å². The third-order valence-corrected chi connectivity index (χ3v) is 6.29. The van der Waals surface area contributed by atoms with Gasteiger partial charge in [0.05, 0.1) is 23.6 Å². The predicted octanol–water partition coefficient (Wildman–Crippen LogP) is 3.74. The van der Waals surface area contributed by atoms with E-state index in [1.807, 2.05) is 6.07 Å². The predicted molar refractivity (Wildman–Crippen MR) is 102 cm³/mol. The summed E-state index contributed by atoms with van der Waals surface area (Å²) >= 11 is 0. The summed E-state index contributed by atoms with van der Waals surface area (Å²) in [5.41, 5.74) is 0.369. The summed E-state index contributed by atoms with van der Waals surface area (Å²) in [6.45, 7) is 0.461. The molecule has 1 atom stereocenters. The highest BCUT2D eigenvalue weighted by molar-refractivity contribution is 5.88. The Balaban J connectivity index is 1.22. The lowest BCUT2D eigenvalue weighted by Crippen LogP contribution is -2.69. The Morgan fingerprint density at radius 1 is 1.23 bits per heavy atom. The maximum absolute atomic E-state index is 13.6. The minimum Gasteiger partial charge on any atom is -0.477 e. The van der Waals surface area contributed by atoms with Gasteiger partial charge in [0.2, 0.25) is 11.8 Å². The van der Waals surface area contributed by atoms with E-state index < -0.39 is 23.1 Å². The van der Waals surface area contributed by atoms with E-state index in [1.165, 1.54) is 23.3 Å². The first-order chi connectivity index (χ1) is 14.4. The number of halogens is 2. The minimum absolute atomic E-state index is 0.0465. The summed E-state index contributed by atoms with van der Waals surface area (Å²) in [5, 5.41) is 14.4. The highest BCUT2D eigenvalue weighted by atomic mass is 19.1. The van der Waals surface area contributed by atoms with Crippen molar-refractivity contribution >= 4 is 12.1 Å². The molecule has 1 aromatic carbocycles. The zero-order chi connectivity index (χ0) is 20.9. The Morgan fingerprint density at radius 3 is 2.60 bits per heavy atom. The molecule has 3 aliphatic carbocycles. The topological polar surface area (TPSA) is 78.6 Å². The number of benzene rings is 1. The summed E-state index contributed by atoms with van der Waals surface area (Å²) in [6, 6.07) is 8.17. The molecule has 1 aromatic heterocycles. The van der Waals surface area contributed by atoms with E-state index in [4.69, 9.17) is 10.00 Å². The van der Waals surface area contributed by atoms with Crippen LogP contribution in [0, 0.1) is 33.8 Å². The Bertz CT molecular complexity index is 1050. The zero-order valence-electron chi connectivity index (χ0n) is 16.0. The monoisotopic (exact) mass is 408 g/mol. The fourth-order valence-corrected chi connectivity index (χ4v) is 5.03. The van der Waals surface area contributed by atoms with Gasteiger partial charge in [-0.15, -0.1) is 0 Å². The van der Waals surface area contributed by atoms with Gasteiger partial charge < -0.3 is 4.74 Å². The normalized spacial score (nSPS) is 28.4. The van der Waals surface area contributed by atoms with Gasteiger partial charge in [0, 0.05) is 36.4 Å². The molecule has 8 heteroatoms. The van der Waals surface area contributed by atoms with Gasteiger partial charge in [-0.3, -0.25) is 4.79 Å². The molecular formula is C22H18F2N4O2. The molecule has 0 N–H and O–H groups in total. The van der Waals surface area contributed by atoms with Crippen molar-refractivity contribution in [2.45, 2.75) is 31.7 Å². The van der Waals surface area contributed by atoms with Gasteiger partial charge in [0.1, 0.15) is 17.7 Å². The third-order valence-electron chi connectivity index (χ3n) is 6.29. The molecule has 2 aromatic rings. The molecular weight excluding hydrogens is 390 g/mol. The lowest BCUT2D eigenvalue weighted by atomic mass is 9.35. The fourth-order valence-electron chi connectivity index (χ4n) is 5.03. The van der Waals surface area contributed by atoms with Crippen LogP contribution >= 0.6 is 0 Å². The van der Waals surface area contributed by atoms with Crippen LogP contribution in [0.15, 0.2) is 41.6 Å². The highest BCUT2D eigenvalue weighted by Crippen LogP contribution is 2.74. The van der Waals surface area contributed by atoms with Crippen molar-refractivity contribution < 1.29 is 18.3 Å². The summed E-state index contributed by atoms with van der Waals surface area (Å²) in [7, 11) is 0. The second kappa shape index (κ2) is 6.59. The van der Waals surface area contributed by atoms with E-state index in [2.05, 4.69) is 10.1 Å². The average molecular weight is 408 g/mol. The quantitative estimate of drug-likeness (QED) is 0.755. The molecule has 6 nitrogen and oxygen atoms in total. The van der Waals surface area contributed by atoms with Gasteiger partial charge in [-0.1, -0.05) is 0 Å². The molecule has 2 heterocycles. The smallest absolute Gasteiger partial charge is 0.249 e. The number of pyridine rings is 1. The maximum atomic E-state index is 13.6. The van der Waals surface area contributed by atoms with Crippen molar-refractivity contribution in [3.63, 3.8) is 0 Å². The van der Waals surface area contributed by atoms with Crippen molar-refractivity contribution in [2.75, 3.05) is 6.61 Å². The van der Waals surface area contributed by atoms with E-state index in [0.717, 1.165) is 6.07 Å². The minimum atomic E-state index is -0.665. The van der Waals surface area contributed by atoms with Crippen LogP contribution in [0.2, 0.25) is 0 Å². The van der Waals surface area contributed by atoms with Crippen LogP contribution in [-0.2, 0) is 4.79 Å². The molecule has 1 amide bonds. The van der Waals surface area contributed by atoms with Crippen molar-refractivity contribution in [1.82, 2.24) is 9.99 Å². The average Bonchev–Trinajstić information content (AvgIpc) is 3.15. The first kappa shape index (κ1) is 18.7. The number of hydrazone groups is 1. The van der Waals surface area contributed by atoms with Gasteiger partial charge in [-0.25, -0.2) is 18.8 Å². The number of hydrogen-bond acceptors (Lipinski definition) is 5. The molecule has 0 spiro atoms. The number of carbonyl (C=O) groups excluding carboxylic acids is 1. The number of hydrogen-bond donors (Lipinski definition) is 0. The first-order valence-corrected chi connectivity index (χ1v) is 9.73. The fraction of sp³-hybridized carbons (Fsp3) is 0.364. The van der Waals surface area contributed by atoms with Crippen molar-refractivity contribution in [2.24, 2.45) is 15.9 Å².